The highest BCUT2D eigenvalue weighted by molar-refractivity contribution is 6.13. The highest BCUT2D eigenvalue weighted by Crippen LogP contribution is 2.11. The summed E-state index contributed by atoms with van der Waals surface area (Å²) in [4.78, 5) is 7.99. The first-order valence-corrected chi connectivity index (χ1v) is 4.50. The number of aliphatic imine (C=N–C) groups is 2. The molecule has 0 saturated heterocycles. The smallest absolute Gasteiger partial charge is 0.152 e. The van der Waals surface area contributed by atoms with Crippen LogP contribution in [0.25, 0.3) is 0 Å². The summed E-state index contributed by atoms with van der Waals surface area (Å²) in [7, 11) is 1.68. The molecule has 1 rings (SSSR count). The molecule has 0 atom stereocenters. The monoisotopic (exact) mass is 190 g/mol. The zero-order valence-corrected chi connectivity index (χ0v) is 8.53. The van der Waals surface area contributed by atoms with Crippen molar-refractivity contribution in [2.45, 2.75) is 13.3 Å². The zero-order valence-electron chi connectivity index (χ0n) is 8.53. The molecule has 0 radical (unpaired) electrons. The van der Waals surface area contributed by atoms with Crippen LogP contribution >= 0.6 is 0 Å². The molecule has 3 nitrogen and oxygen atoms in total. The molecule has 0 aliphatic carbocycles. The third kappa shape index (κ3) is 2.42. The van der Waals surface area contributed by atoms with Gasteiger partial charge in [-0.1, -0.05) is 13.5 Å². The summed E-state index contributed by atoms with van der Waals surface area (Å²) in [5.41, 5.74) is 1.71. The minimum atomic E-state index is 0.733. The van der Waals surface area contributed by atoms with E-state index < -0.39 is 0 Å². The van der Waals surface area contributed by atoms with E-state index in [1.165, 1.54) is 6.34 Å². The first-order chi connectivity index (χ1) is 6.79. The van der Waals surface area contributed by atoms with E-state index in [9.17, 15) is 0 Å². The van der Waals surface area contributed by atoms with Crippen LogP contribution in [0.1, 0.15) is 19.1 Å². The molecule has 74 valence electrons. The first kappa shape index (κ1) is 10.4. The van der Waals surface area contributed by atoms with Gasteiger partial charge in [-0.15, -0.1) is 0 Å². The van der Waals surface area contributed by atoms with Crippen LogP contribution in [0, 0.1) is 0 Å². The Bertz CT molecular complexity index is 347. The number of allylic oxidation sites excluding steroid dienone is 1. The second-order valence-electron chi connectivity index (χ2n) is 2.79. The van der Waals surface area contributed by atoms with E-state index in [-0.39, 0.29) is 0 Å². The lowest BCUT2D eigenvalue weighted by Gasteiger charge is -2.02. The van der Waals surface area contributed by atoms with Crippen molar-refractivity contribution in [1.29, 1.82) is 0 Å². The van der Waals surface area contributed by atoms with Gasteiger partial charge in [0.2, 0.25) is 0 Å². The van der Waals surface area contributed by atoms with Gasteiger partial charge >= 0.3 is 0 Å². The Morgan fingerprint density at radius 2 is 2.43 bits per heavy atom. The number of hydrogen-bond acceptors (Lipinski definition) is 2. The summed E-state index contributed by atoms with van der Waals surface area (Å²) in [6.07, 6.45) is 3.96. The Kier molecular flexibility index (Phi) is 3.85. The number of rotatable bonds is 4. The van der Waals surface area contributed by atoms with E-state index in [2.05, 4.69) is 16.6 Å². The second-order valence-corrected chi connectivity index (χ2v) is 2.79. The van der Waals surface area contributed by atoms with Gasteiger partial charge in [0.15, 0.2) is 5.76 Å². The molecule has 0 bridgehead atoms. The van der Waals surface area contributed by atoms with Crippen molar-refractivity contribution in [3.63, 3.8) is 0 Å². The van der Waals surface area contributed by atoms with Crippen LogP contribution in [-0.2, 0) is 0 Å². The second kappa shape index (κ2) is 5.17. The van der Waals surface area contributed by atoms with E-state index in [1.807, 2.05) is 19.1 Å². The molecule has 0 aliphatic rings. The molecule has 14 heavy (non-hydrogen) atoms. The third-order valence-electron chi connectivity index (χ3n) is 1.82. The summed E-state index contributed by atoms with van der Waals surface area (Å²) in [6, 6.07) is 3.69. The SMILES string of the molecule is C=C(CC)C(=NC=NC)c1ccco1. The topological polar surface area (TPSA) is 37.9 Å². The van der Waals surface area contributed by atoms with Gasteiger partial charge in [-0.3, -0.25) is 4.99 Å². The lowest BCUT2D eigenvalue weighted by Crippen LogP contribution is -2.02. The number of nitrogens with zero attached hydrogens (tertiary/aromatic N) is 2. The normalized spacial score (nSPS) is 12.3. The van der Waals surface area contributed by atoms with Crippen molar-refractivity contribution in [3.05, 3.63) is 36.3 Å². The van der Waals surface area contributed by atoms with E-state index in [4.69, 9.17) is 4.42 Å². The highest BCUT2D eigenvalue weighted by atomic mass is 16.3. The molecule has 0 unspecified atom stereocenters. The Hall–Kier alpha value is -1.64. The lowest BCUT2D eigenvalue weighted by molar-refractivity contribution is 0.558. The van der Waals surface area contributed by atoms with Gasteiger partial charge in [0.25, 0.3) is 0 Å². The predicted octanol–water partition coefficient (Wildman–Crippen LogP) is 2.69. The Balaban J connectivity index is 3.00. The molecule has 1 aromatic heterocycles. The van der Waals surface area contributed by atoms with Crippen molar-refractivity contribution >= 4 is 12.1 Å². The van der Waals surface area contributed by atoms with Gasteiger partial charge in [-0.25, -0.2) is 4.99 Å². The number of furan rings is 1. The lowest BCUT2D eigenvalue weighted by atomic mass is 10.1. The molecule has 0 amide bonds. The third-order valence-corrected chi connectivity index (χ3v) is 1.82. The predicted molar refractivity (Wildman–Crippen MR) is 59.1 cm³/mol. The summed E-state index contributed by atoms with van der Waals surface area (Å²) >= 11 is 0. The molecule has 0 fully saturated rings. The summed E-state index contributed by atoms with van der Waals surface area (Å²) < 4.78 is 5.26. The van der Waals surface area contributed by atoms with Crippen LogP contribution < -0.4 is 0 Å². The van der Waals surface area contributed by atoms with Gasteiger partial charge < -0.3 is 4.42 Å². The largest absolute Gasteiger partial charge is 0.463 e. The molecular weight excluding hydrogens is 176 g/mol. The van der Waals surface area contributed by atoms with E-state index in [0.29, 0.717) is 0 Å². The molecule has 0 aromatic carbocycles. The van der Waals surface area contributed by atoms with E-state index >= 15 is 0 Å². The van der Waals surface area contributed by atoms with E-state index in [0.717, 1.165) is 23.5 Å². The summed E-state index contributed by atoms with van der Waals surface area (Å²) in [6.45, 7) is 5.96. The van der Waals surface area contributed by atoms with E-state index in [1.54, 1.807) is 13.3 Å². The van der Waals surface area contributed by atoms with Crippen LogP contribution in [0.4, 0.5) is 0 Å². The van der Waals surface area contributed by atoms with Crippen LogP contribution in [-0.4, -0.2) is 19.1 Å². The average molecular weight is 190 g/mol. The van der Waals surface area contributed by atoms with Crippen LogP contribution in [0.15, 0.2) is 44.9 Å². The molecule has 1 heterocycles. The van der Waals surface area contributed by atoms with Gasteiger partial charge in [-0.05, 0) is 24.1 Å². The average Bonchev–Trinajstić information content (AvgIpc) is 2.71. The number of hydrogen-bond donors (Lipinski definition) is 0. The molecular formula is C11H14N2O. The molecule has 0 aliphatic heterocycles. The zero-order chi connectivity index (χ0) is 10.4. The van der Waals surface area contributed by atoms with Crippen LogP contribution in [0.3, 0.4) is 0 Å². The fourth-order valence-corrected chi connectivity index (χ4v) is 1.03. The minimum Gasteiger partial charge on any atom is -0.463 e. The maximum Gasteiger partial charge on any atom is 0.152 e. The summed E-state index contributed by atoms with van der Waals surface area (Å²) in [5.74, 6) is 0.733. The Morgan fingerprint density at radius 1 is 1.64 bits per heavy atom. The van der Waals surface area contributed by atoms with Gasteiger partial charge in [0.1, 0.15) is 12.1 Å². The maximum absolute atomic E-state index is 5.26. The molecule has 3 heteroatoms. The fourth-order valence-electron chi connectivity index (χ4n) is 1.03. The Morgan fingerprint density at radius 3 is 2.93 bits per heavy atom. The Labute approximate surface area is 83.9 Å². The first-order valence-electron chi connectivity index (χ1n) is 4.50. The van der Waals surface area contributed by atoms with Crippen molar-refractivity contribution in [1.82, 2.24) is 0 Å². The van der Waals surface area contributed by atoms with Gasteiger partial charge in [0.05, 0.1) is 6.26 Å². The molecule has 0 N–H and O–H groups in total. The highest BCUT2D eigenvalue weighted by Gasteiger charge is 2.08. The quantitative estimate of drug-likeness (QED) is 0.531. The molecule has 0 saturated carbocycles. The van der Waals surface area contributed by atoms with Crippen molar-refractivity contribution in [2.75, 3.05) is 7.05 Å². The van der Waals surface area contributed by atoms with Crippen molar-refractivity contribution in [2.24, 2.45) is 9.98 Å². The van der Waals surface area contributed by atoms with Crippen LogP contribution in [0.5, 0.6) is 0 Å². The van der Waals surface area contributed by atoms with Crippen molar-refractivity contribution < 1.29 is 4.42 Å². The van der Waals surface area contributed by atoms with Crippen LogP contribution in [0.2, 0.25) is 0 Å². The van der Waals surface area contributed by atoms with Gasteiger partial charge in [-0.2, -0.15) is 0 Å². The molecule has 0 spiro atoms. The summed E-state index contributed by atoms with van der Waals surface area (Å²) in [5, 5.41) is 0. The minimum absolute atomic E-state index is 0.733. The van der Waals surface area contributed by atoms with Crippen molar-refractivity contribution in [3.8, 4) is 0 Å². The van der Waals surface area contributed by atoms with Gasteiger partial charge in [0, 0.05) is 7.05 Å². The molecule has 1 aromatic rings. The standard InChI is InChI=1S/C11H14N2O/c1-4-9(2)11(13-8-12-3)10-6-5-7-14-10/h5-8H,2,4H2,1,3H3. The fraction of sp³-hybridized carbons (Fsp3) is 0.273. The maximum atomic E-state index is 5.26.